The van der Waals surface area contributed by atoms with E-state index in [-0.39, 0.29) is 12.6 Å². The smallest absolute Gasteiger partial charge is 0.316 e. The molecule has 0 radical (unpaired) electrons. The van der Waals surface area contributed by atoms with E-state index in [4.69, 9.17) is 9.47 Å². The minimum atomic E-state index is -0.554. The van der Waals surface area contributed by atoms with E-state index in [0.29, 0.717) is 6.61 Å². The van der Waals surface area contributed by atoms with E-state index in [2.05, 4.69) is 0 Å². The first kappa shape index (κ1) is 15.2. The van der Waals surface area contributed by atoms with Crippen LogP contribution in [0.3, 0.4) is 0 Å². The van der Waals surface area contributed by atoms with Crippen LogP contribution < -0.4 is 0 Å². The SMILES string of the molecule is CCCCOC(=O)C(COC(C)=O)c1ccccc1. The zero-order valence-electron chi connectivity index (χ0n) is 11.4. The van der Waals surface area contributed by atoms with Gasteiger partial charge in [-0.3, -0.25) is 9.59 Å². The molecule has 0 N–H and O–H groups in total. The van der Waals surface area contributed by atoms with Crippen LogP contribution in [0.1, 0.15) is 38.2 Å². The first-order valence-electron chi connectivity index (χ1n) is 6.50. The molecule has 0 fully saturated rings. The predicted octanol–water partition coefficient (Wildman–Crippen LogP) is 2.68. The Labute approximate surface area is 113 Å². The third-order valence-corrected chi connectivity index (χ3v) is 2.68. The van der Waals surface area contributed by atoms with E-state index in [1.54, 1.807) is 0 Å². The number of rotatable bonds is 7. The molecule has 104 valence electrons. The number of carbonyl (C=O) groups is 2. The molecule has 19 heavy (non-hydrogen) atoms. The number of esters is 2. The number of hydrogen-bond acceptors (Lipinski definition) is 4. The summed E-state index contributed by atoms with van der Waals surface area (Å²) in [5.74, 6) is -1.30. The van der Waals surface area contributed by atoms with Gasteiger partial charge in [-0.25, -0.2) is 0 Å². The quantitative estimate of drug-likeness (QED) is 0.561. The van der Waals surface area contributed by atoms with Crippen molar-refractivity contribution in [2.24, 2.45) is 0 Å². The molecule has 0 amide bonds. The Morgan fingerprint density at radius 2 is 1.84 bits per heavy atom. The summed E-state index contributed by atoms with van der Waals surface area (Å²) in [5.41, 5.74) is 0.797. The zero-order chi connectivity index (χ0) is 14.1. The van der Waals surface area contributed by atoms with Crippen molar-refractivity contribution in [3.63, 3.8) is 0 Å². The molecule has 1 unspecified atom stereocenters. The molecular formula is C15H20O4. The molecule has 0 aliphatic heterocycles. The lowest BCUT2D eigenvalue weighted by molar-refractivity contribution is -0.150. The summed E-state index contributed by atoms with van der Waals surface area (Å²) in [6.07, 6.45) is 1.80. The summed E-state index contributed by atoms with van der Waals surface area (Å²) in [5, 5.41) is 0. The van der Waals surface area contributed by atoms with Crippen LogP contribution >= 0.6 is 0 Å². The van der Waals surface area contributed by atoms with Crippen molar-refractivity contribution in [1.82, 2.24) is 0 Å². The topological polar surface area (TPSA) is 52.6 Å². The second kappa shape index (κ2) is 8.29. The fourth-order valence-electron chi connectivity index (χ4n) is 1.60. The number of carbonyl (C=O) groups excluding carboxylic acids is 2. The lowest BCUT2D eigenvalue weighted by Gasteiger charge is -2.16. The lowest BCUT2D eigenvalue weighted by atomic mass is 10.0. The number of hydrogen-bond donors (Lipinski definition) is 0. The lowest BCUT2D eigenvalue weighted by Crippen LogP contribution is -2.22. The molecule has 0 saturated heterocycles. The average Bonchev–Trinajstić information content (AvgIpc) is 2.40. The van der Waals surface area contributed by atoms with Crippen LogP contribution in [-0.2, 0) is 19.1 Å². The van der Waals surface area contributed by atoms with E-state index < -0.39 is 11.9 Å². The van der Waals surface area contributed by atoms with Gasteiger partial charge in [-0.05, 0) is 12.0 Å². The van der Waals surface area contributed by atoms with Gasteiger partial charge in [-0.2, -0.15) is 0 Å². The maximum absolute atomic E-state index is 12.0. The Morgan fingerprint density at radius 1 is 1.16 bits per heavy atom. The van der Waals surface area contributed by atoms with Crippen molar-refractivity contribution in [3.05, 3.63) is 35.9 Å². The molecule has 4 heteroatoms. The number of unbranched alkanes of at least 4 members (excludes halogenated alkanes) is 1. The summed E-state index contributed by atoms with van der Waals surface area (Å²) < 4.78 is 10.1. The van der Waals surface area contributed by atoms with Crippen LogP contribution in [0.4, 0.5) is 0 Å². The van der Waals surface area contributed by atoms with Gasteiger partial charge in [-0.1, -0.05) is 43.7 Å². The monoisotopic (exact) mass is 264 g/mol. The molecule has 0 heterocycles. The van der Waals surface area contributed by atoms with Gasteiger partial charge in [0.05, 0.1) is 6.61 Å². The molecule has 1 aromatic carbocycles. The molecule has 1 atom stereocenters. The number of benzene rings is 1. The van der Waals surface area contributed by atoms with Crippen LogP contribution in [0, 0.1) is 0 Å². The number of ether oxygens (including phenoxy) is 2. The standard InChI is InChI=1S/C15H20O4/c1-3-4-10-18-15(17)14(11-19-12(2)16)13-8-6-5-7-9-13/h5-9,14H,3-4,10-11H2,1-2H3. The second-order valence-corrected chi connectivity index (χ2v) is 4.29. The van der Waals surface area contributed by atoms with Gasteiger partial charge in [0, 0.05) is 6.92 Å². The molecule has 0 spiro atoms. The van der Waals surface area contributed by atoms with E-state index in [1.807, 2.05) is 37.3 Å². The Morgan fingerprint density at radius 3 is 2.42 bits per heavy atom. The third-order valence-electron chi connectivity index (χ3n) is 2.68. The van der Waals surface area contributed by atoms with Crippen molar-refractivity contribution in [2.45, 2.75) is 32.6 Å². The molecule has 0 aromatic heterocycles. The van der Waals surface area contributed by atoms with Gasteiger partial charge >= 0.3 is 11.9 Å². The van der Waals surface area contributed by atoms with Gasteiger partial charge < -0.3 is 9.47 Å². The van der Waals surface area contributed by atoms with E-state index in [1.165, 1.54) is 6.92 Å². The third kappa shape index (κ3) is 5.55. The van der Waals surface area contributed by atoms with Crippen molar-refractivity contribution in [1.29, 1.82) is 0 Å². The summed E-state index contributed by atoms with van der Waals surface area (Å²) in [6.45, 7) is 3.77. The van der Waals surface area contributed by atoms with Gasteiger partial charge in [0.2, 0.25) is 0 Å². The Balaban J connectivity index is 2.69. The van der Waals surface area contributed by atoms with Crippen LogP contribution in [0.25, 0.3) is 0 Å². The van der Waals surface area contributed by atoms with Gasteiger partial charge in [0.25, 0.3) is 0 Å². The summed E-state index contributed by atoms with van der Waals surface area (Å²) in [6, 6.07) is 9.21. The van der Waals surface area contributed by atoms with Crippen LogP contribution in [0.15, 0.2) is 30.3 Å². The van der Waals surface area contributed by atoms with Crippen LogP contribution in [-0.4, -0.2) is 25.2 Å². The molecule has 1 rings (SSSR count). The minimum Gasteiger partial charge on any atom is -0.465 e. The van der Waals surface area contributed by atoms with Gasteiger partial charge in [0.1, 0.15) is 12.5 Å². The maximum atomic E-state index is 12.0. The van der Waals surface area contributed by atoms with Crippen LogP contribution in [0.2, 0.25) is 0 Å². The van der Waals surface area contributed by atoms with Gasteiger partial charge in [-0.15, -0.1) is 0 Å². The van der Waals surface area contributed by atoms with Crippen molar-refractivity contribution < 1.29 is 19.1 Å². The van der Waals surface area contributed by atoms with E-state index >= 15 is 0 Å². The Hall–Kier alpha value is -1.84. The highest BCUT2D eigenvalue weighted by Gasteiger charge is 2.23. The van der Waals surface area contributed by atoms with E-state index in [9.17, 15) is 9.59 Å². The highest BCUT2D eigenvalue weighted by atomic mass is 16.5. The summed E-state index contributed by atoms with van der Waals surface area (Å²) in [7, 11) is 0. The molecule has 0 aliphatic carbocycles. The molecule has 0 aliphatic rings. The van der Waals surface area contributed by atoms with Crippen molar-refractivity contribution in [2.75, 3.05) is 13.2 Å². The summed E-state index contributed by atoms with van der Waals surface area (Å²) in [4.78, 5) is 22.9. The maximum Gasteiger partial charge on any atom is 0.316 e. The normalized spacial score (nSPS) is 11.7. The van der Waals surface area contributed by atoms with E-state index in [0.717, 1.165) is 18.4 Å². The summed E-state index contributed by atoms with van der Waals surface area (Å²) >= 11 is 0. The average molecular weight is 264 g/mol. The van der Waals surface area contributed by atoms with Crippen molar-refractivity contribution in [3.8, 4) is 0 Å². The molecule has 0 saturated carbocycles. The predicted molar refractivity (Wildman–Crippen MR) is 71.7 cm³/mol. The van der Waals surface area contributed by atoms with Gasteiger partial charge in [0.15, 0.2) is 0 Å². The van der Waals surface area contributed by atoms with Crippen molar-refractivity contribution >= 4 is 11.9 Å². The molecule has 1 aromatic rings. The highest BCUT2D eigenvalue weighted by Crippen LogP contribution is 2.18. The largest absolute Gasteiger partial charge is 0.465 e. The second-order valence-electron chi connectivity index (χ2n) is 4.29. The first-order valence-corrected chi connectivity index (χ1v) is 6.50. The zero-order valence-corrected chi connectivity index (χ0v) is 11.4. The Kier molecular flexibility index (Phi) is 6.64. The Bertz CT molecular complexity index is 400. The fourth-order valence-corrected chi connectivity index (χ4v) is 1.60. The molecular weight excluding hydrogens is 244 g/mol. The molecule has 0 bridgehead atoms. The fraction of sp³-hybridized carbons (Fsp3) is 0.467. The first-order chi connectivity index (χ1) is 9.15. The molecule has 4 nitrogen and oxygen atoms in total. The van der Waals surface area contributed by atoms with Crippen LogP contribution in [0.5, 0.6) is 0 Å². The minimum absolute atomic E-state index is 0.0182. The highest BCUT2D eigenvalue weighted by molar-refractivity contribution is 5.79.